The lowest BCUT2D eigenvalue weighted by molar-refractivity contribution is -0.143. The van der Waals surface area contributed by atoms with Crippen molar-refractivity contribution in [2.45, 2.75) is 65.0 Å². The maximum Gasteiger partial charge on any atom is 0.407 e. The smallest absolute Gasteiger partial charge is 0.407 e. The Morgan fingerprint density at radius 2 is 1.74 bits per heavy atom. The molecule has 0 unspecified atom stereocenters. The zero-order valence-electron chi connectivity index (χ0n) is 12.2. The van der Waals surface area contributed by atoms with Crippen LogP contribution < -0.4 is 5.32 Å². The van der Waals surface area contributed by atoms with E-state index < -0.39 is 11.6 Å². The molecule has 1 amide bonds. The van der Waals surface area contributed by atoms with Crippen LogP contribution in [-0.2, 0) is 9.53 Å². The number of carbonyl (C=O) groups is 2. The van der Waals surface area contributed by atoms with Crippen molar-refractivity contribution < 1.29 is 19.4 Å². The van der Waals surface area contributed by atoms with Gasteiger partial charge >= 0.3 is 12.1 Å². The van der Waals surface area contributed by atoms with Crippen LogP contribution in [0.15, 0.2) is 0 Å². The molecule has 0 bridgehead atoms. The van der Waals surface area contributed by atoms with Crippen molar-refractivity contribution in [3.05, 3.63) is 0 Å². The van der Waals surface area contributed by atoms with Gasteiger partial charge in [-0.1, -0.05) is 6.92 Å². The van der Waals surface area contributed by atoms with Crippen LogP contribution in [0.25, 0.3) is 0 Å². The molecule has 0 spiro atoms. The van der Waals surface area contributed by atoms with Crippen molar-refractivity contribution in [2.24, 2.45) is 11.8 Å². The molecule has 0 saturated heterocycles. The molecule has 0 radical (unpaired) electrons. The van der Waals surface area contributed by atoms with E-state index in [0.717, 1.165) is 25.7 Å². The molecule has 1 aliphatic carbocycles. The standard InChI is InChI=1S/C14H25NO4/c1-9(12(16)17)10-5-7-11(8-6-10)15-13(18)19-14(2,3)4/h9-11H,5-8H2,1-4H3,(H,15,18)(H,16,17)/t9-,10?,11?/m1/s1. The van der Waals surface area contributed by atoms with Crippen molar-refractivity contribution in [3.63, 3.8) is 0 Å². The molecular formula is C14H25NO4. The van der Waals surface area contributed by atoms with Gasteiger partial charge in [0.25, 0.3) is 0 Å². The number of carboxylic acid groups (broad SMARTS) is 1. The summed E-state index contributed by atoms with van der Waals surface area (Å²) in [5.41, 5.74) is -0.487. The van der Waals surface area contributed by atoms with Crippen LogP contribution in [0.4, 0.5) is 4.79 Å². The van der Waals surface area contributed by atoms with Gasteiger partial charge in [-0.15, -0.1) is 0 Å². The van der Waals surface area contributed by atoms with Crippen molar-refractivity contribution in [3.8, 4) is 0 Å². The average Bonchev–Trinajstić information content (AvgIpc) is 2.26. The van der Waals surface area contributed by atoms with Crippen molar-refractivity contribution in [2.75, 3.05) is 0 Å². The molecule has 1 atom stereocenters. The van der Waals surface area contributed by atoms with Gasteiger partial charge in [-0.05, 0) is 52.4 Å². The summed E-state index contributed by atoms with van der Waals surface area (Å²) in [6, 6.07) is 0.104. The maximum absolute atomic E-state index is 11.6. The Morgan fingerprint density at radius 1 is 1.21 bits per heavy atom. The molecule has 110 valence electrons. The number of hydrogen-bond acceptors (Lipinski definition) is 3. The Morgan fingerprint density at radius 3 is 2.16 bits per heavy atom. The minimum atomic E-state index is -0.733. The number of carboxylic acids is 1. The van der Waals surface area contributed by atoms with Gasteiger partial charge in [0.05, 0.1) is 5.92 Å². The van der Waals surface area contributed by atoms with Gasteiger partial charge in [-0.25, -0.2) is 4.79 Å². The van der Waals surface area contributed by atoms with E-state index in [1.807, 2.05) is 20.8 Å². The first-order valence-corrected chi connectivity index (χ1v) is 6.91. The van der Waals surface area contributed by atoms with Gasteiger partial charge in [0.1, 0.15) is 5.60 Å². The Labute approximate surface area is 114 Å². The van der Waals surface area contributed by atoms with Crippen molar-refractivity contribution in [1.29, 1.82) is 0 Å². The number of nitrogens with one attached hydrogen (secondary N) is 1. The molecular weight excluding hydrogens is 246 g/mol. The van der Waals surface area contributed by atoms with E-state index in [2.05, 4.69) is 5.32 Å². The minimum Gasteiger partial charge on any atom is -0.481 e. The molecule has 2 N–H and O–H groups in total. The molecule has 0 aromatic rings. The van der Waals surface area contributed by atoms with E-state index >= 15 is 0 Å². The van der Waals surface area contributed by atoms with Crippen LogP contribution in [-0.4, -0.2) is 28.8 Å². The first-order chi connectivity index (χ1) is 8.69. The van der Waals surface area contributed by atoms with E-state index in [-0.39, 0.29) is 24.0 Å². The third-order valence-corrected chi connectivity index (χ3v) is 3.59. The largest absolute Gasteiger partial charge is 0.481 e. The minimum absolute atomic E-state index is 0.104. The summed E-state index contributed by atoms with van der Waals surface area (Å²) in [7, 11) is 0. The van der Waals surface area contributed by atoms with Crippen LogP contribution in [0.3, 0.4) is 0 Å². The lowest BCUT2D eigenvalue weighted by Crippen LogP contribution is -2.41. The van der Waals surface area contributed by atoms with Gasteiger partial charge in [0.2, 0.25) is 0 Å². The third kappa shape index (κ3) is 5.49. The predicted octanol–water partition coefficient (Wildman–Crippen LogP) is 2.79. The summed E-state index contributed by atoms with van der Waals surface area (Å²) in [5, 5.41) is 11.8. The number of rotatable bonds is 3. The lowest BCUT2D eigenvalue weighted by atomic mass is 9.79. The molecule has 0 aromatic carbocycles. The number of amides is 1. The number of alkyl carbamates (subject to hydrolysis) is 1. The Kier molecular flexibility index (Phi) is 5.20. The fourth-order valence-electron chi connectivity index (χ4n) is 2.44. The first kappa shape index (κ1) is 15.8. The monoisotopic (exact) mass is 271 g/mol. The topological polar surface area (TPSA) is 75.6 Å². The number of carbonyl (C=O) groups excluding carboxylic acids is 1. The van der Waals surface area contributed by atoms with Crippen LogP contribution in [0.1, 0.15) is 53.4 Å². The molecule has 5 heteroatoms. The highest BCUT2D eigenvalue weighted by molar-refractivity contribution is 5.70. The normalized spacial score (nSPS) is 25.5. The highest BCUT2D eigenvalue weighted by Crippen LogP contribution is 2.30. The van der Waals surface area contributed by atoms with Gasteiger partial charge in [-0.2, -0.15) is 0 Å². The summed E-state index contributed by atoms with van der Waals surface area (Å²) in [4.78, 5) is 22.5. The predicted molar refractivity (Wildman–Crippen MR) is 71.9 cm³/mol. The van der Waals surface area contributed by atoms with E-state index in [1.165, 1.54) is 0 Å². The zero-order chi connectivity index (χ0) is 14.6. The van der Waals surface area contributed by atoms with Gasteiger partial charge in [0.15, 0.2) is 0 Å². The maximum atomic E-state index is 11.6. The summed E-state index contributed by atoms with van der Waals surface area (Å²) < 4.78 is 5.21. The Bertz CT molecular complexity index is 327. The molecule has 0 aromatic heterocycles. The van der Waals surface area contributed by atoms with Gasteiger partial charge < -0.3 is 15.2 Å². The highest BCUT2D eigenvalue weighted by atomic mass is 16.6. The molecule has 1 rings (SSSR count). The van der Waals surface area contributed by atoms with Crippen molar-refractivity contribution >= 4 is 12.1 Å². The molecule has 1 fully saturated rings. The average molecular weight is 271 g/mol. The summed E-state index contributed by atoms with van der Waals surface area (Å²) in [5.74, 6) is -0.819. The van der Waals surface area contributed by atoms with E-state index in [9.17, 15) is 9.59 Å². The number of aliphatic carboxylic acids is 1. The van der Waals surface area contributed by atoms with Crippen LogP contribution >= 0.6 is 0 Å². The molecule has 5 nitrogen and oxygen atoms in total. The molecule has 19 heavy (non-hydrogen) atoms. The highest BCUT2D eigenvalue weighted by Gasteiger charge is 2.30. The Hall–Kier alpha value is -1.26. The molecule has 0 aliphatic heterocycles. The lowest BCUT2D eigenvalue weighted by Gasteiger charge is -2.31. The second-order valence-corrected chi connectivity index (χ2v) is 6.38. The fourth-order valence-corrected chi connectivity index (χ4v) is 2.44. The SMILES string of the molecule is C[C@@H](C(=O)O)C1CCC(NC(=O)OC(C)(C)C)CC1. The summed E-state index contributed by atoms with van der Waals surface area (Å²) in [6.07, 6.45) is 2.94. The Balaban J connectivity index is 2.34. The van der Waals surface area contributed by atoms with Gasteiger partial charge in [-0.3, -0.25) is 4.79 Å². The summed E-state index contributed by atoms with van der Waals surface area (Å²) >= 11 is 0. The zero-order valence-corrected chi connectivity index (χ0v) is 12.2. The molecule has 1 saturated carbocycles. The van der Waals surface area contributed by atoms with E-state index in [4.69, 9.17) is 9.84 Å². The quantitative estimate of drug-likeness (QED) is 0.827. The van der Waals surface area contributed by atoms with Crippen LogP contribution in [0, 0.1) is 11.8 Å². The number of ether oxygens (including phenoxy) is 1. The second kappa shape index (κ2) is 6.26. The first-order valence-electron chi connectivity index (χ1n) is 6.91. The molecule has 0 heterocycles. The second-order valence-electron chi connectivity index (χ2n) is 6.38. The van der Waals surface area contributed by atoms with Crippen molar-refractivity contribution in [1.82, 2.24) is 5.32 Å². The summed E-state index contributed by atoms with van der Waals surface area (Å²) in [6.45, 7) is 7.25. The fraction of sp³-hybridized carbons (Fsp3) is 0.857. The van der Waals surface area contributed by atoms with Crippen LogP contribution in [0.5, 0.6) is 0 Å². The van der Waals surface area contributed by atoms with E-state index in [1.54, 1.807) is 6.92 Å². The van der Waals surface area contributed by atoms with Gasteiger partial charge in [0, 0.05) is 6.04 Å². The third-order valence-electron chi connectivity index (χ3n) is 3.59. The van der Waals surface area contributed by atoms with E-state index in [0.29, 0.717) is 0 Å². The number of hydrogen-bond donors (Lipinski definition) is 2. The van der Waals surface area contributed by atoms with Crippen LogP contribution in [0.2, 0.25) is 0 Å². The molecule has 1 aliphatic rings.